The lowest BCUT2D eigenvalue weighted by atomic mass is 10.0. The SMILES string of the molecule is CC(C)(I)c1ccc(F)c(F)c1. The zero-order chi connectivity index (χ0) is 9.35. The molecule has 66 valence electrons. The predicted octanol–water partition coefficient (Wildman–Crippen LogP) is 3.63. The van der Waals surface area contributed by atoms with Crippen LogP contribution in [0.3, 0.4) is 0 Å². The van der Waals surface area contributed by atoms with Crippen molar-refractivity contribution in [2.45, 2.75) is 17.3 Å². The summed E-state index contributed by atoms with van der Waals surface area (Å²) in [6.45, 7) is 3.89. The van der Waals surface area contributed by atoms with Gasteiger partial charge in [-0.25, -0.2) is 8.78 Å². The molecule has 1 aromatic carbocycles. The lowest BCUT2D eigenvalue weighted by Crippen LogP contribution is -2.06. The Kier molecular flexibility index (Phi) is 2.70. The number of hydrogen-bond donors (Lipinski definition) is 0. The Labute approximate surface area is 84.1 Å². The van der Waals surface area contributed by atoms with Crippen molar-refractivity contribution in [2.75, 3.05) is 0 Å². The van der Waals surface area contributed by atoms with Crippen molar-refractivity contribution in [1.29, 1.82) is 0 Å². The van der Waals surface area contributed by atoms with Gasteiger partial charge in [-0.15, -0.1) is 0 Å². The van der Waals surface area contributed by atoms with Crippen molar-refractivity contribution in [3.05, 3.63) is 35.4 Å². The van der Waals surface area contributed by atoms with Crippen molar-refractivity contribution in [1.82, 2.24) is 0 Å². The van der Waals surface area contributed by atoms with Gasteiger partial charge in [-0.2, -0.15) is 0 Å². The van der Waals surface area contributed by atoms with Gasteiger partial charge >= 0.3 is 0 Å². The average molecular weight is 282 g/mol. The lowest BCUT2D eigenvalue weighted by Gasteiger charge is -2.16. The van der Waals surface area contributed by atoms with Gasteiger partial charge in [-0.1, -0.05) is 28.7 Å². The van der Waals surface area contributed by atoms with Crippen LogP contribution in [0.4, 0.5) is 8.78 Å². The summed E-state index contributed by atoms with van der Waals surface area (Å²) in [6, 6.07) is 4.00. The summed E-state index contributed by atoms with van der Waals surface area (Å²) in [7, 11) is 0. The van der Waals surface area contributed by atoms with Crippen molar-refractivity contribution in [3.63, 3.8) is 0 Å². The Bertz CT molecular complexity index is 289. The van der Waals surface area contributed by atoms with Crippen LogP contribution in [-0.2, 0) is 3.42 Å². The van der Waals surface area contributed by atoms with Gasteiger partial charge in [0.2, 0.25) is 0 Å². The summed E-state index contributed by atoms with van der Waals surface area (Å²) in [5, 5.41) is 0. The monoisotopic (exact) mass is 282 g/mol. The van der Waals surface area contributed by atoms with Gasteiger partial charge in [0, 0.05) is 3.42 Å². The number of halogens is 3. The molecule has 0 spiro atoms. The molecule has 0 saturated carbocycles. The largest absolute Gasteiger partial charge is 0.204 e. The van der Waals surface area contributed by atoms with E-state index in [1.807, 2.05) is 13.8 Å². The standard InChI is InChI=1S/C9H9F2I/c1-9(2,12)6-3-4-7(10)8(11)5-6/h3-5H,1-2H3. The normalized spacial score (nSPS) is 11.8. The van der Waals surface area contributed by atoms with Crippen LogP contribution in [0.2, 0.25) is 0 Å². The van der Waals surface area contributed by atoms with Crippen molar-refractivity contribution in [2.24, 2.45) is 0 Å². The zero-order valence-electron chi connectivity index (χ0n) is 6.87. The first-order valence-corrected chi connectivity index (χ1v) is 4.63. The van der Waals surface area contributed by atoms with Crippen LogP contribution in [0, 0.1) is 11.6 Å². The molecule has 0 atom stereocenters. The first kappa shape index (κ1) is 9.89. The van der Waals surface area contributed by atoms with Crippen molar-refractivity contribution < 1.29 is 8.78 Å². The third kappa shape index (κ3) is 2.15. The summed E-state index contributed by atoms with van der Waals surface area (Å²) < 4.78 is 25.1. The maximum Gasteiger partial charge on any atom is 0.159 e. The third-order valence-electron chi connectivity index (χ3n) is 1.61. The van der Waals surface area contributed by atoms with Crippen molar-refractivity contribution in [3.8, 4) is 0 Å². The molecule has 0 fully saturated rings. The molecule has 3 heteroatoms. The van der Waals surface area contributed by atoms with Crippen LogP contribution in [0.15, 0.2) is 18.2 Å². The molecule has 0 nitrogen and oxygen atoms in total. The van der Waals surface area contributed by atoms with E-state index in [4.69, 9.17) is 0 Å². The summed E-state index contributed by atoms with van der Waals surface area (Å²) in [4.78, 5) is 0. The van der Waals surface area contributed by atoms with Crippen LogP contribution >= 0.6 is 22.6 Å². The molecule has 0 aliphatic carbocycles. The molecule has 0 aliphatic heterocycles. The number of hydrogen-bond acceptors (Lipinski definition) is 0. The van der Waals surface area contributed by atoms with E-state index < -0.39 is 11.6 Å². The second kappa shape index (κ2) is 3.28. The maximum atomic E-state index is 12.7. The highest BCUT2D eigenvalue weighted by Gasteiger charge is 2.17. The molecule has 0 unspecified atom stereocenters. The quantitative estimate of drug-likeness (QED) is 0.545. The molecule has 0 aromatic heterocycles. The van der Waals surface area contributed by atoms with E-state index in [0.717, 1.165) is 11.6 Å². The second-order valence-corrected chi connectivity index (χ2v) is 5.80. The van der Waals surface area contributed by atoms with Gasteiger partial charge in [0.25, 0.3) is 0 Å². The number of benzene rings is 1. The maximum absolute atomic E-state index is 12.7. The minimum absolute atomic E-state index is 0.160. The molecule has 0 heterocycles. The topological polar surface area (TPSA) is 0 Å². The Morgan fingerprint density at radius 3 is 2.17 bits per heavy atom. The Morgan fingerprint density at radius 2 is 1.75 bits per heavy atom. The van der Waals surface area contributed by atoms with Crippen LogP contribution in [0.1, 0.15) is 19.4 Å². The van der Waals surface area contributed by atoms with Crippen LogP contribution in [0.5, 0.6) is 0 Å². The van der Waals surface area contributed by atoms with E-state index in [9.17, 15) is 8.78 Å². The highest BCUT2D eigenvalue weighted by molar-refractivity contribution is 14.1. The highest BCUT2D eigenvalue weighted by Crippen LogP contribution is 2.30. The van der Waals surface area contributed by atoms with E-state index >= 15 is 0 Å². The van der Waals surface area contributed by atoms with E-state index in [0.29, 0.717) is 0 Å². The molecule has 0 bridgehead atoms. The summed E-state index contributed by atoms with van der Waals surface area (Å²) >= 11 is 2.18. The number of alkyl halides is 1. The Balaban J connectivity index is 3.14. The fourth-order valence-corrected chi connectivity index (χ4v) is 1.20. The summed E-state index contributed by atoms with van der Waals surface area (Å²) in [6.07, 6.45) is 0. The van der Waals surface area contributed by atoms with E-state index in [-0.39, 0.29) is 3.42 Å². The molecule has 0 radical (unpaired) electrons. The third-order valence-corrected chi connectivity index (χ3v) is 2.23. The minimum atomic E-state index is -0.792. The van der Waals surface area contributed by atoms with Gasteiger partial charge in [0.15, 0.2) is 11.6 Å². The Hall–Kier alpha value is -0.190. The van der Waals surface area contributed by atoms with Gasteiger partial charge in [-0.05, 0) is 31.5 Å². The van der Waals surface area contributed by atoms with E-state index in [1.165, 1.54) is 6.07 Å². The van der Waals surface area contributed by atoms with Gasteiger partial charge < -0.3 is 0 Å². The molecule has 0 N–H and O–H groups in total. The van der Waals surface area contributed by atoms with Gasteiger partial charge in [0.1, 0.15) is 0 Å². The van der Waals surface area contributed by atoms with Gasteiger partial charge in [0.05, 0.1) is 0 Å². The molecule has 0 saturated heterocycles. The fourth-order valence-electron chi connectivity index (χ4n) is 0.866. The van der Waals surface area contributed by atoms with Crippen LogP contribution < -0.4 is 0 Å². The zero-order valence-corrected chi connectivity index (χ0v) is 9.02. The molecule has 12 heavy (non-hydrogen) atoms. The van der Waals surface area contributed by atoms with E-state index in [1.54, 1.807) is 6.07 Å². The molecule has 0 amide bonds. The lowest BCUT2D eigenvalue weighted by molar-refractivity contribution is 0.506. The van der Waals surface area contributed by atoms with Crippen LogP contribution in [-0.4, -0.2) is 0 Å². The smallest absolute Gasteiger partial charge is 0.159 e. The minimum Gasteiger partial charge on any atom is -0.204 e. The molecular weight excluding hydrogens is 273 g/mol. The van der Waals surface area contributed by atoms with Crippen molar-refractivity contribution >= 4 is 22.6 Å². The average Bonchev–Trinajstić information content (AvgIpc) is 1.92. The predicted molar refractivity (Wildman–Crippen MR) is 53.4 cm³/mol. The molecule has 1 aromatic rings. The van der Waals surface area contributed by atoms with Gasteiger partial charge in [-0.3, -0.25) is 0 Å². The number of rotatable bonds is 1. The molecule has 1 rings (SSSR count). The molecule has 0 aliphatic rings. The Morgan fingerprint density at radius 1 is 1.17 bits per heavy atom. The second-order valence-electron chi connectivity index (χ2n) is 3.10. The molecular formula is C9H9F2I. The van der Waals surface area contributed by atoms with Crippen LogP contribution in [0.25, 0.3) is 0 Å². The first-order chi connectivity index (χ1) is 5.41. The highest BCUT2D eigenvalue weighted by atomic mass is 127. The summed E-state index contributed by atoms with van der Waals surface area (Å²) in [5.41, 5.74) is 0.794. The first-order valence-electron chi connectivity index (χ1n) is 3.55. The summed E-state index contributed by atoms with van der Waals surface area (Å²) in [5.74, 6) is -1.57. The van der Waals surface area contributed by atoms with E-state index in [2.05, 4.69) is 22.6 Å². The fraction of sp³-hybridized carbons (Fsp3) is 0.333.